The molecule has 4 N–H and O–H groups in total. The minimum atomic E-state index is -0.218. The van der Waals surface area contributed by atoms with Crippen LogP contribution in [0.5, 0.6) is 0 Å². The second-order valence-corrected chi connectivity index (χ2v) is 9.27. The van der Waals surface area contributed by atoms with Gasteiger partial charge in [-0.1, -0.05) is 24.3 Å². The highest BCUT2D eigenvalue weighted by Gasteiger charge is 2.24. The summed E-state index contributed by atoms with van der Waals surface area (Å²) < 4.78 is 3.49. The zero-order valence-corrected chi connectivity index (χ0v) is 20.1. The molecule has 180 valence electrons. The monoisotopic (exact) mass is 469 g/mol. The van der Waals surface area contributed by atoms with Crippen molar-refractivity contribution in [2.24, 2.45) is 18.7 Å². The molecule has 1 atom stereocenters. The largest absolute Gasteiger partial charge is 0.326 e. The molecule has 0 bridgehead atoms. The third kappa shape index (κ3) is 5.34. The first kappa shape index (κ1) is 23.0. The van der Waals surface area contributed by atoms with Gasteiger partial charge in [0.05, 0.1) is 23.6 Å². The topological polar surface area (TPSA) is 103 Å². The number of amides is 1. The Kier molecular flexibility index (Phi) is 6.48. The van der Waals surface area contributed by atoms with Gasteiger partial charge in [0.15, 0.2) is 0 Å². The Morgan fingerprint density at radius 3 is 2.71 bits per heavy atom. The summed E-state index contributed by atoms with van der Waals surface area (Å²) in [5.74, 6) is 0.531. The number of carbonyl (C=O) groups excluding carboxylic acids is 1. The van der Waals surface area contributed by atoms with E-state index in [-0.39, 0.29) is 11.9 Å². The molecule has 8 heteroatoms. The molecule has 0 spiro atoms. The second-order valence-electron chi connectivity index (χ2n) is 9.27. The molecule has 2 aromatic carbocycles. The first-order valence-electron chi connectivity index (χ1n) is 12.0. The number of hydrogen-bond acceptors (Lipinski definition) is 5. The van der Waals surface area contributed by atoms with Crippen LogP contribution < -0.4 is 16.4 Å². The molecule has 1 aliphatic carbocycles. The predicted molar refractivity (Wildman–Crippen MR) is 136 cm³/mol. The van der Waals surface area contributed by atoms with E-state index in [1.807, 2.05) is 73.5 Å². The molecule has 1 unspecified atom stereocenters. The minimum Gasteiger partial charge on any atom is -0.326 e. The Labute approximate surface area is 205 Å². The van der Waals surface area contributed by atoms with Crippen molar-refractivity contribution in [3.8, 4) is 5.69 Å². The van der Waals surface area contributed by atoms with E-state index in [1.165, 1.54) is 12.8 Å². The second kappa shape index (κ2) is 9.85. The number of carbonyl (C=O) groups is 1. The number of rotatable bonds is 9. The Morgan fingerprint density at radius 1 is 1.14 bits per heavy atom. The number of aryl methyl sites for hydroxylation is 2. The van der Waals surface area contributed by atoms with Crippen molar-refractivity contribution in [1.29, 1.82) is 0 Å². The van der Waals surface area contributed by atoms with Gasteiger partial charge in [0, 0.05) is 31.0 Å². The van der Waals surface area contributed by atoms with Gasteiger partial charge >= 0.3 is 0 Å². The number of hydrogen-bond donors (Lipinski definition) is 3. The Hall–Kier alpha value is -3.75. The van der Waals surface area contributed by atoms with Gasteiger partial charge in [0.2, 0.25) is 0 Å². The van der Waals surface area contributed by atoms with Crippen LogP contribution in [0.15, 0.2) is 67.0 Å². The lowest BCUT2D eigenvalue weighted by Gasteiger charge is -2.19. The van der Waals surface area contributed by atoms with Crippen LogP contribution in [-0.4, -0.2) is 32.0 Å². The van der Waals surface area contributed by atoms with Gasteiger partial charge in [-0.25, -0.2) is 4.68 Å². The number of anilines is 1. The summed E-state index contributed by atoms with van der Waals surface area (Å²) in [6.07, 6.45) is 6.49. The molecule has 1 saturated carbocycles. The normalized spacial score (nSPS) is 14.1. The fourth-order valence-corrected chi connectivity index (χ4v) is 4.29. The van der Waals surface area contributed by atoms with Crippen LogP contribution in [0, 0.1) is 12.8 Å². The Balaban J connectivity index is 1.40. The van der Waals surface area contributed by atoms with Crippen molar-refractivity contribution < 1.29 is 4.79 Å². The first-order valence-corrected chi connectivity index (χ1v) is 12.0. The molecular formula is C27H31N7O. The zero-order chi connectivity index (χ0) is 24.4. The van der Waals surface area contributed by atoms with Gasteiger partial charge in [0.1, 0.15) is 5.69 Å². The molecule has 5 rings (SSSR count). The maximum Gasteiger partial charge on any atom is 0.274 e. The molecule has 2 heterocycles. The number of nitrogens with zero attached hydrogens (tertiary/aromatic N) is 4. The summed E-state index contributed by atoms with van der Waals surface area (Å²) in [6.45, 7) is 3.27. The highest BCUT2D eigenvalue weighted by molar-refractivity contribution is 6.03. The van der Waals surface area contributed by atoms with Crippen molar-refractivity contribution in [2.45, 2.75) is 32.4 Å². The van der Waals surface area contributed by atoms with Crippen LogP contribution in [0.3, 0.4) is 0 Å². The van der Waals surface area contributed by atoms with Gasteiger partial charge < -0.3 is 16.4 Å². The molecule has 35 heavy (non-hydrogen) atoms. The molecular weight excluding hydrogens is 438 g/mol. The van der Waals surface area contributed by atoms with Crippen molar-refractivity contribution in [3.05, 3.63) is 95.1 Å². The molecule has 2 aromatic heterocycles. The van der Waals surface area contributed by atoms with Crippen LogP contribution >= 0.6 is 0 Å². The van der Waals surface area contributed by atoms with Crippen LogP contribution in [0.4, 0.5) is 5.69 Å². The van der Waals surface area contributed by atoms with E-state index < -0.39 is 0 Å². The predicted octanol–water partition coefficient (Wildman–Crippen LogP) is 3.71. The highest BCUT2D eigenvalue weighted by Crippen LogP contribution is 2.30. The van der Waals surface area contributed by atoms with E-state index >= 15 is 0 Å². The standard InChI is InChI=1S/C27H31N7O/c1-18-11-25(34(32-18)24-8-3-5-20(12-24)14-28)27(35)31-23-7-4-6-21(13-23)26(29-15-19-9-10-19)22-16-30-33(2)17-22/h3-8,11-13,16-17,19,26,29H,9-10,14-15,28H2,1-2H3,(H,31,35). The zero-order valence-electron chi connectivity index (χ0n) is 20.1. The quantitative estimate of drug-likeness (QED) is 0.347. The van der Waals surface area contributed by atoms with Crippen LogP contribution in [0.25, 0.3) is 5.69 Å². The van der Waals surface area contributed by atoms with Gasteiger partial charge in [-0.2, -0.15) is 10.2 Å². The molecule has 1 aliphatic rings. The number of aromatic nitrogens is 4. The van der Waals surface area contributed by atoms with Crippen molar-refractivity contribution in [3.63, 3.8) is 0 Å². The average molecular weight is 470 g/mol. The lowest BCUT2D eigenvalue weighted by Crippen LogP contribution is -2.24. The number of nitrogens with one attached hydrogen (secondary N) is 2. The van der Waals surface area contributed by atoms with Crippen LogP contribution in [0.1, 0.15) is 51.8 Å². The fourth-order valence-electron chi connectivity index (χ4n) is 4.29. The smallest absolute Gasteiger partial charge is 0.274 e. The van der Waals surface area contributed by atoms with Gasteiger partial charge in [-0.05, 0) is 73.7 Å². The molecule has 8 nitrogen and oxygen atoms in total. The molecule has 0 aliphatic heterocycles. The van der Waals surface area contributed by atoms with Gasteiger partial charge in [-0.15, -0.1) is 0 Å². The van der Waals surface area contributed by atoms with E-state index in [2.05, 4.69) is 26.9 Å². The maximum atomic E-state index is 13.3. The number of benzene rings is 2. The summed E-state index contributed by atoms with van der Waals surface area (Å²) in [7, 11) is 1.92. The maximum absolute atomic E-state index is 13.3. The third-order valence-corrected chi connectivity index (χ3v) is 6.30. The van der Waals surface area contributed by atoms with E-state index in [0.717, 1.165) is 46.2 Å². The fraction of sp³-hybridized carbons (Fsp3) is 0.296. The average Bonchev–Trinajstić information content (AvgIpc) is 3.46. The summed E-state index contributed by atoms with van der Waals surface area (Å²) in [5, 5.41) is 15.7. The van der Waals surface area contributed by atoms with Gasteiger partial charge in [-0.3, -0.25) is 9.48 Å². The summed E-state index contributed by atoms with van der Waals surface area (Å²) >= 11 is 0. The van der Waals surface area contributed by atoms with E-state index in [9.17, 15) is 4.79 Å². The lowest BCUT2D eigenvalue weighted by atomic mass is 10.0. The third-order valence-electron chi connectivity index (χ3n) is 6.30. The van der Waals surface area contributed by atoms with Crippen molar-refractivity contribution in [1.82, 2.24) is 24.9 Å². The van der Waals surface area contributed by atoms with Crippen LogP contribution in [-0.2, 0) is 13.6 Å². The van der Waals surface area contributed by atoms with Crippen molar-refractivity contribution in [2.75, 3.05) is 11.9 Å². The molecule has 4 aromatic rings. The summed E-state index contributed by atoms with van der Waals surface area (Å²) in [6, 6.07) is 17.6. The van der Waals surface area contributed by atoms with E-state index in [1.54, 1.807) is 10.7 Å². The molecule has 1 fully saturated rings. The summed E-state index contributed by atoms with van der Waals surface area (Å²) in [5.41, 5.74) is 11.7. The SMILES string of the molecule is Cc1cc(C(=O)Nc2cccc(C(NCC3CC3)c3cnn(C)c3)c2)n(-c2cccc(CN)c2)n1. The lowest BCUT2D eigenvalue weighted by molar-refractivity contribution is 0.101. The Bertz CT molecular complexity index is 1330. The summed E-state index contributed by atoms with van der Waals surface area (Å²) in [4.78, 5) is 13.3. The van der Waals surface area contributed by atoms with E-state index in [4.69, 9.17) is 5.73 Å². The van der Waals surface area contributed by atoms with E-state index in [0.29, 0.717) is 12.2 Å². The van der Waals surface area contributed by atoms with Crippen LogP contribution in [0.2, 0.25) is 0 Å². The molecule has 1 amide bonds. The first-order chi connectivity index (χ1) is 17.0. The number of nitrogens with two attached hydrogens (primary N) is 1. The van der Waals surface area contributed by atoms with Crippen molar-refractivity contribution >= 4 is 11.6 Å². The Morgan fingerprint density at radius 2 is 1.97 bits per heavy atom. The molecule has 0 saturated heterocycles. The van der Waals surface area contributed by atoms with Gasteiger partial charge in [0.25, 0.3) is 5.91 Å². The highest BCUT2D eigenvalue weighted by atomic mass is 16.2. The minimum absolute atomic E-state index is 0.00734. The molecule has 0 radical (unpaired) electrons.